The highest BCUT2D eigenvalue weighted by molar-refractivity contribution is 5.85. The standard InChI is InChI=1S/C31H37NO4.C31H39NO2.CO2/c1-7-31(8-2,27-13-14-28(22(3)15-27)36-20-29(34)30(4,5)6)26-11-9-24(10-12-26)25-16-23(17-32-18-25)19-35-21-33;1-8-23-18-25(20-32-19-23)24-11-13-26(14-12-24)31(9-2,10-3)27-15-16-28(22(4)17-27)34-21-29(33)30(5,6)7;2-1-3/h9-18,21H,7-8,19-20H2,1-6H3;11-20H,8-10,21H2,1-7H3;. The molecule has 0 aliphatic heterocycles. The van der Waals surface area contributed by atoms with Gasteiger partial charge in [-0.25, -0.2) is 0 Å². The molecule has 386 valence electrons. The van der Waals surface area contributed by atoms with E-state index in [4.69, 9.17) is 23.8 Å². The third-order valence-electron chi connectivity index (χ3n) is 14.1. The number of hydrogen-bond acceptors (Lipinski definition) is 10. The molecule has 2 aromatic heterocycles. The molecule has 0 amide bonds. The van der Waals surface area contributed by atoms with Crippen molar-refractivity contribution >= 4 is 24.2 Å². The van der Waals surface area contributed by atoms with E-state index in [0.29, 0.717) is 6.47 Å². The van der Waals surface area contributed by atoms with E-state index in [9.17, 15) is 14.4 Å². The minimum absolute atomic E-state index is 0.0768. The summed E-state index contributed by atoms with van der Waals surface area (Å²) in [5.74, 6) is 1.71. The van der Waals surface area contributed by atoms with Gasteiger partial charge in [-0.1, -0.05) is 149 Å². The quantitative estimate of drug-likeness (QED) is 0.0679. The molecule has 0 atom stereocenters. The minimum atomic E-state index is -0.416. The monoisotopic (exact) mass is 989 g/mol. The molecular formula is C63H76N2O8. The van der Waals surface area contributed by atoms with Gasteiger partial charge in [0, 0.05) is 63.1 Å². The molecular weight excluding hydrogens is 913 g/mol. The van der Waals surface area contributed by atoms with Crippen molar-refractivity contribution in [2.45, 2.75) is 140 Å². The van der Waals surface area contributed by atoms with Crippen molar-refractivity contribution < 1.29 is 38.2 Å². The summed E-state index contributed by atoms with van der Waals surface area (Å²) in [7, 11) is 0. The average Bonchev–Trinajstić information content (AvgIpc) is 3.38. The van der Waals surface area contributed by atoms with Crippen LogP contribution < -0.4 is 9.47 Å². The Kier molecular flexibility index (Phi) is 21.3. The number of pyridine rings is 2. The SMILES string of the molecule is CCC(CC)(c1ccc(-c2cncc(COC=O)c2)cc1)c1ccc(OCC(=O)C(C)(C)C)c(C)c1.CCc1cncc(-c2ccc(C(CC)(CC)c3ccc(OCC(=O)C(C)(C)C)c(C)c3)cc2)c1.O=C=O. The minimum Gasteiger partial charge on any atom is -0.486 e. The number of aryl methyl sites for hydroxylation is 3. The number of carbonyl (C=O) groups excluding carboxylic acids is 5. The maximum Gasteiger partial charge on any atom is 0.373 e. The van der Waals surface area contributed by atoms with Crippen LogP contribution in [0.15, 0.2) is 122 Å². The zero-order valence-electron chi connectivity index (χ0n) is 45.4. The average molecular weight is 989 g/mol. The first-order chi connectivity index (χ1) is 34.7. The summed E-state index contributed by atoms with van der Waals surface area (Å²) < 4.78 is 16.6. The Bertz CT molecular complexity index is 2790. The van der Waals surface area contributed by atoms with Gasteiger partial charge in [0.05, 0.1) is 0 Å². The molecule has 0 aliphatic rings. The molecule has 6 rings (SSSR count). The molecule has 0 saturated carbocycles. The largest absolute Gasteiger partial charge is 0.486 e. The predicted molar refractivity (Wildman–Crippen MR) is 290 cm³/mol. The molecule has 0 N–H and O–H groups in total. The first-order valence-corrected chi connectivity index (χ1v) is 25.4. The highest BCUT2D eigenvalue weighted by atomic mass is 16.5. The van der Waals surface area contributed by atoms with E-state index in [-0.39, 0.29) is 48.4 Å². The second-order valence-electron chi connectivity index (χ2n) is 20.6. The number of Topliss-reactive ketones (excluding diaryl/α,β-unsaturated/α-hetero) is 2. The Hall–Kier alpha value is -7.03. The van der Waals surface area contributed by atoms with E-state index < -0.39 is 10.8 Å². The van der Waals surface area contributed by atoms with Crippen LogP contribution in [0.25, 0.3) is 22.3 Å². The van der Waals surface area contributed by atoms with Crippen molar-refractivity contribution in [3.05, 3.63) is 166 Å². The lowest BCUT2D eigenvalue weighted by Gasteiger charge is -2.34. The van der Waals surface area contributed by atoms with Crippen molar-refractivity contribution in [1.82, 2.24) is 9.97 Å². The molecule has 0 spiro atoms. The van der Waals surface area contributed by atoms with E-state index in [2.05, 4.69) is 130 Å². The van der Waals surface area contributed by atoms with Crippen LogP contribution in [-0.4, -0.2) is 47.4 Å². The van der Waals surface area contributed by atoms with Crippen LogP contribution in [0.1, 0.15) is 146 Å². The first-order valence-electron chi connectivity index (χ1n) is 25.4. The highest BCUT2D eigenvalue weighted by Gasteiger charge is 2.33. The Morgan fingerprint density at radius 3 is 1.19 bits per heavy atom. The lowest BCUT2D eigenvalue weighted by Crippen LogP contribution is -2.27. The van der Waals surface area contributed by atoms with Crippen molar-refractivity contribution in [3.63, 3.8) is 0 Å². The van der Waals surface area contributed by atoms with Crippen LogP contribution in [0.4, 0.5) is 0 Å². The molecule has 73 heavy (non-hydrogen) atoms. The van der Waals surface area contributed by atoms with Gasteiger partial charge in [-0.15, -0.1) is 0 Å². The molecule has 10 nitrogen and oxygen atoms in total. The van der Waals surface area contributed by atoms with E-state index in [1.165, 1.54) is 33.4 Å². The Morgan fingerprint density at radius 2 is 0.863 bits per heavy atom. The van der Waals surface area contributed by atoms with Gasteiger partial charge in [0.2, 0.25) is 0 Å². The number of carbonyl (C=O) groups is 3. The Labute approximate surface area is 434 Å². The van der Waals surface area contributed by atoms with Crippen molar-refractivity contribution in [2.75, 3.05) is 13.2 Å². The fourth-order valence-corrected chi connectivity index (χ4v) is 9.06. The van der Waals surface area contributed by atoms with Crippen LogP contribution in [0, 0.1) is 24.7 Å². The summed E-state index contributed by atoms with van der Waals surface area (Å²) in [5.41, 5.74) is 12.6. The molecule has 2 heterocycles. The summed E-state index contributed by atoms with van der Waals surface area (Å²) in [5, 5.41) is 0. The number of hydrogen-bond donors (Lipinski definition) is 0. The lowest BCUT2D eigenvalue weighted by atomic mass is 9.70. The van der Waals surface area contributed by atoms with Gasteiger partial charge in [-0.05, 0) is 120 Å². The molecule has 0 fully saturated rings. The van der Waals surface area contributed by atoms with Crippen LogP contribution in [0.2, 0.25) is 0 Å². The third-order valence-corrected chi connectivity index (χ3v) is 14.1. The first kappa shape index (κ1) is 58.5. The van der Waals surface area contributed by atoms with Gasteiger partial charge >= 0.3 is 6.15 Å². The predicted octanol–water partition coefficient (Wildman–Crippen LogP) is 14.0. The Morgan fingerprint density at radius 1 is 0.507 bits per heavy atom. The molecule has 4 aromatic carbocycles. The molecule has 0 saturated heterocycles. The van der Waals surface area contributed by atoms with Gasteiger partial charge < -0.3 is 14.2 Å². The van der Waals surface area contributed by atoms with E-state index >= 15 is 0 Å². The van der Waals surface area contributed by atoms with Gasteiger partial charge in [-0.2, -0.15) is 9.59 Å². The maximum absolute atomic E-state index is 12.3. The number of ether oxygens (including phenoxy) is 3. The van der Waals surface area contributed by atoms with Gasteiger partial charge in [0.25, 0.3) is 6.47 Å². The number of rotatable bonds is 20. The molecule has 0 radical (unpaired) electrons. The van der Waals surface area contributed by atoms with E-state index in [1.807, 2.05) is 85.3 Å². The molecule has 10 heteroatoms. The normalized spacial score (nSPS) is 11.5. The van der Waals surface area contributed by atoms with Gasteiger partial charge in [0.15, 0.2) is 11.6 Å². The topological polar surface area (TPSA) is 139 Å². The summed E-state index contributed by atoms with van der Waals surface area (Å²) in [6, 6.07) is 34.6. The molecule has 0 unspecified atom stereocenters. The number of benzene rings is 4. The van der Waals surface area contributed by atoms with Crippen molar-refractivity contribution in [1.29, 1.82) is 0 Å². The fraction of sp³-hybridized carbons (Fsp3) is 0.397. The smallest absolute Gasteiger partial charge is 0.373 e. The van der Waals surface area contributed by atoms with Crippen LogP contribution in [-0.2, 0) is 52.6 Å². The summed E-state index contributed by atoms with van der Waals surface area (Å²) in [4.78, 5) is 60.0. The third kappa shape index (κ3) is 15.0. The molecule has 6 aromatic rings. The number of ketones is 2. The zero-order chi connectivity index (χ0) is 54.0. The molecule has 0 aliphatic carbocycles. The van der Waals surface area contributed by atoms with Crippen LogP contribution in [0.3, 0.4) is 0 Å². The van der Waals surface area contributed by atoms with Crippen molar-refractivity contribution in [2.24, 2.45) is 10.8 Å². The second-order valence-corrected chi connectivity index (χ2v) is 20.6. The summed E-state index contributed by atoms with van der Waals surface area (Å²) in [6.45, 7) is 27.5. The van der Waals surface area contributed by atoms with Crippen LogP contribution >= 0.6 is 0 Å². The number of nitrogens with zero attached hydrogens (tertiary/aromatic N) is 2. The van der Waals surface area contributed by atoms with Crippen LogP contribution in [0.5, 0.6) is 11.5 Å². The number of aromatic nitrogens is 2. The zero-order valence-corrected chi connectivity index (χ0v) is 45.4. The highest BCUT2D eigenvalue weighted by Crippen LogP contribution is 2.43. The van der Waals surface area contributed by atoms with E-state index in [0.717, 1.165) is 77.0 Å². The lowest BCUT2D eigenvalue weighted by molar-refractivity contribution is -0.191. The van der Waals surface area contributed by atoms with E-state index in [1.54, 1.807) is 6.20 Å². The van der Waals surface area contributed by atoms with Gasteiger partial charge in [-0.3, -0.25) is 24.4 Å². The summed E-state index contributed by atoms with van der Waals surface area (Å²) in [6.07, 6.45) is 12.5. The molecule has 0 bridgehead atoms. The van der Waals surface area contributed by atoms with Crippen molar-refractivity contribution in [3.8, 4) is 33.8 Å². The fourth-order valence-electron chi connectivity index (χ4n) is 9.06. The Balaban J connectivity index is 0.000000301. The second kappa shape index (κ2) is 26.6. The summed E-state index contributed by atoms with van der Waals surface area (Å²) >= 11 is 0. The maximum atomic E-state index is 12.3. The van der Waals surface area contributed by atoms with Gasteiger partial charge in [0.1, 0.15) is 31.3 Å².